The third-order valence-electron chi connectivity index (χ3n) is 6.07. The summed E-state index contributed by atoms with van der Waals surface area (Å²) in [4.78, 5) is 30.2. The van der Waals surface area contributed by atoms with Gasteiger partial charge in [-0.15, -0.1) is 0 Å². The second kappa shape index (κ2) is 9.85. The summed E-state index contributed by atoms with van der Waals surface area (Å²) in [5, 5.41) is 21.7. The molecule has 4 rings (SSSR count). The Labute approximate surface area is 202 Å². The number of phenols is 1. The average Bonchev–Trinajstić information content (AvgIpc) is 2.86. The van der Waals surface area contributed by atoms with Gasteiger partial charge in [0, 0.05) is 23.4 Å². The van der Waals surface area contributed by atoms with E-state index in [1.807, 2.05) is 26.0 Å². The van der Waals surface area contributed by atoms with Crippen LogP contribution in [0.3, 0.4) is 0 Å². The Bertz CT molecular complexity index is 1490. The fourth-order valence-electron chi connectivity index (χ4n) is 3.95. The van der Waals surface area contributed by atoms with Crippen LogP contribution in [0.4, 0.5) is 0 Å². The van der Waals surface area contributed by atoms with E-state index in [-0.39, 0.29) is 23.6 Å². The van der Waals surface area contributed by atoms with Crippen LogP contribution in [-0.4, -0.2) is 40.1 Å². The summed E-state index contributed by atoms with van der Waals surface area (Å²) < 4.78 is 6.18. The van der Waals surface area contributed by atoms with E-state index in [9.17, 15) is 19.8 Å². The van der Waals surface area contributed by atoms with Crippen molar-refractivity contribution in [2.75, 3.05) is 7.11 Å². The highest BCUT2D eigenvalue weighted by molar-refractivity contribution is 6.02. The van der Waals surface area contributed by atoms with E-state index in [4.69, 9.17) is 4.74 Å². The number of aliphatic imine (C=N–C) groups is 1. The van der Waals surface area contributed by atoms with Gasteiger partial charge in [-0.05, 0) is 60.9 Å². The number of phenolic OH excluding ortho intramolecular Hbond substituents is 1. The predicted molar refractivity (Wildman–Crippen MR) is 136 cm³/mol. The van der Waals surface area contributed by atoms with Crippen molar-refractivity contribution < 1.29 is 19.7 Å². The molecule has 0 aliphatic rings. The standard InChI is InChI=1S/C28H26N2O5/c1-17-8-11-20(14-18(17)2)30-26(32)23-7-5-4-6-22(23)24(27(30)33)16-29-25(28(34)35-3)15-19-9-12-21(31)13-10-19/h4-14,16,25,31,33H,15H2,1-3H3. The molecule has 0 bridgehead atoms. The van der Waals surface area contributed by atoms with Gasteiger partial charge in [-0.1, -0.05) is 36.4 Å². The molecule has 7 nitrogen and oxygen atoms in total. The lowest BCUT2D eigenvalue weighted by Crippen LogP contribution is -2.23. The van der Waals surface area contributed by atoms with E-state index in [1.165, 1.54) is 30.0 Å². The number of carbonyl (C=O) groups excluding carboxylic acids is 1. The van der Waals surface area contributed by atoms with E-state index in [0.29, 0.717) is 22.0 Å². The molecule has 35 heavy (non-hydrogen) atoms. The fourth-order valence-corrected chi connectivity index (χ4v) is 3.95. The minimum absolute atomic E-state index is 0.122. The maximum Gasteiger partial charge on any atom is 0.330 e. The topological polar surface area (TPSA) is 101 Å². The maximum atomic E-state index is 13.3. The predicted octanol–water partition coefficient (Wildman–Crippen LogP) is 4.22. The Morgan fingerprint density at radius 2 is 1.69 bits per heavy atom. The first-order valence-electron chi connectivity index (χ1n) is 11.1. The Morgan fingerprint density at radius 3 is 2.34 bits per heavy atom. The molecule has 1 heterocycles. The minimum Gasteiger partial charge on any atom is -0.508 e. The van der Waals surface area contributed by atoms with Crippen LogP contribution in [-0.2, 0) is 16.0 Å². The van der Waals surface area contributed by atoms with Gasteiger partial charge in [0.1, 0.15) is 5.75 Å². The lowest BCUT2D eigenvalue weighted by atomic mass is 10.0. The van der Waals surface area contributed by atoms with Crippen molar-refractivity contribution in [3.63, 3.8) is 0 Å². The largest absolute Gasteiger partial charge is 0.508 e. The molecule has 0 saturated carbocycles. The van der Waals surface area contributed by atoms with Crippen molar-refractivity contribution in [2.24, 2.45) is 4.99 Å². The smallest absolute Gasteiger partial charge is 0.330 e. The number of esters is 1. The number of methoxy groups -OCH3 is 1. The van der Waals surface area contributed by atoms with Crippen LogP contribution in [0.25, 0.3) is 16.5 Å². The van der Waals surface area contributed by atoms with Crippen LogP contribution < -0.4 is 5.56 Å². The van der Waals surface area contributed by atoms with Crippen LogP contribution in [0.5, 0.6) is 11.6 Å². The summed E-state index contributed by atoms with van der Waals surface area (Å²) in [6.45, 7) is 3.91. The van der Waals surface area contributed by atoms with E-state index < -0.39 is 12.0 Å². The SMILES string of the molecule is COC(=O)C(Cc1ccc(O)cc1)N=Cc1c(O)n(-c2ccc(C)c(C)c2)c(=O)c2ccccc12. The number of nitrogens with zero attached hydrogens (tertiary/aromatic N) is 2. The highest BCUT2D eigenvalue weighted by Gasteiger charge is 2.20. The number of aromatic hydroxyl groups is 2. The first kappa shape index (κ1) is 23.8. The summed E-state index contributed by atoms with van der Waals surface area (Å²) in [5.74, 6) is -0.689. The summed E-state index contributed by atoms with van der Waals surface area (Å²) in [7, 11) is 1.29. The van der Waals surface area contributed by atoms with Gasteiger partial charge in [0.15, 0.2) is 6.04 Å². The van der Waals surface area contributed by atoms with Crippen LogP contribution in [0, 0.1) is 13.8 Å². The molecule has 0 amide bonds. The lowest BCUT2D eigenvalue weighted by Gasteiger charge is -2.15. The monoisotopic (exact) mass is 470 g/mol. The summed E-state index contributed by atoms with van der Waals surface area (Å²) in [6, 6.07) is 18.1. The lowest BCUT2D eigenvalue weighted by molar-refractivity contribution is -0.142. The molecule has 7 heteroatoms. The molecule has 0 aliphatic heterocycles. The second-order valence-electron chi connectivity index (χ2n) is 8.38. The van der Waals surface area contributed by atoms with Crippen molar-refractivity contribution in [3.05, 3.63) is 99.3 Å². The average molecular weight is 471 g/mol. The molecular weight excluding hydrogens is 444 g/mol. The first-order valence-corrected chi connectivity index (χ1v) is 11.1. The molecular formula is C28H26N2O5. The van der Waals surface area contributed by atoms with Gasteiger partial charge in [-0.3, -0.25) is 9.79 Å². The van der Waals surface area contributed by atoms with Gasteiger partial charge in [-0.25, -0.2) is 9.36 Å². The van der Waals surface area contributed by atoms with E-state index in [2.05, 4.69) is 4.99 Å². The Balaban J connectivity index is 1.85. The van der Waals surface area contributed by atoms with Gasteiger partial charge in [0.2, 0.25) is 5.88 Å². The fraction of sp³-hybridized carbons (Fsp3) is 0.179. The molecule has 0 saturated heterocycles. The zero-order chi connectivity index (χ0) is 25.1. The van der Waals surface area contributed by atoms with Crippen molar-refractivity contribution >= 4 is 23.0 Å². The Kier molecular flexibility index (Phi) is 6.68. The number of pyridine rings is 1. The Hall–Kier alpha value is -4.39. The van der Waals surface area contributed by atoms with Crippen molar-refractivity contribution in [1.29, 1.82) is 0 Å². The van der Waals surface area contributed by atoms with E-state index in [0.717, 1.165) is 16.7 Å². The van der Waals surface area contributed by atoms with Gasteiger partial charge >= 0.3 is 5.97 Å². The summed E-state index contributed by atoms with van der Waals surface area (Å²) >= 11 is 0. The number of aryl methyl sites for hydroxylation is 2. The summed E-state index contributed by atoms with van der Waals surface area (Å²) in [6.07, 6.45) is 1.65. The maximum absolute atomic E-state index is 13.3. The molecule has 4 aromatic rings. The zero-order valence-corrected chi connectivity index (χ0v) is 19.7. The molecule has 0 fully saturated rings. The van der Waals surface area contributed by atoms with Gasteiger partial charge < -0.3 is 14.9 Å². The molecule has 0 radical (unpaired) electrons. The number of hydrogen-bond acceptors (Lipinski definition) is 6. The molecule has 3 aromatic carbocycles. The van der Waals surface area contributed by atoms with Crippen molar-refractivity contribution in [3.8, 4) is 17.3 Å². The molecule has 1 aromatic heterocycles. The van der Waals surface area contributed by atoms with Crippen LogP contribution >= 0.6 is 0 Å². The molecule has 1 atom stereocenters. The molecule has 0 spiro atoms. The van der Waals surface area contributed by atoms with Crippen LogP contribution in [0.15, 0.2) is 76.5 Å². The van der Waals surface area contributed by atoms with Crippen molar-refractivity contribution in [2.45, 2.75) is 26.3 Å². The number of benzene rings is 3. The van der Waals surface area contributed by atoms with Gasteiger partial charge in [0.25, 0.3) is 5.56 Å². The molecule has 2 N–H and O–H groups in total. The van der Waals surface area contributed by atoms with E-state index in [1.54, 1.807) is 42.5 Å². The van der Waals surface area contributed by atoms with Crippen molar-refractivity contribution in [1.82, 2.24) is 4.57 Å². The van der Waals surface area contributed by atoms with Gasteiger partial charge in [-0.2, -0.15) is 0 Å². The zero-order valence-electron chi connectivity index (χ0n) is 19.7. The van der Waals surface area contributed by atoms with Crippen LogP contribution in [0.2, 0.25) is 0 Å². The quantitative estimate of drug-likeness (QED) is 0.325. The Morgan fingerprint density at radius 1 is 1.00 bits per heavy atom. The van der Waals surface area contributed by atoms with Crippen LogP contribution in [0.1, 0.15) is 22.3 Å². The number of aromatic nitrogens is 1. The molecule has 0 aliphatic carbocycles. The third kappa shape index (κ3) is 4.80. The van der Waals surface area contributed by atoms with Gasteiger partial charge in [0.05, 0.1) is 18.4 Å². The van der Waals surface area contributed by atoms with E-state index >= 15 is 0 Å². The number of ether oxygens (including phenoxy) is 1. The number of carbonyl (C=O) groups is 1. The summed E-state index contributed by atoms with van der Waals surface area (Å²) in [5.41, 5.74) is 3.33. The molecule has 178 valence electrons. The third-order valence-corrected chi connectivity index (χ3v) is 6.07. The highest BCUT2D eigenvalue weighted by atomic mass is 16.5. The number of rotatable bonds is 6. The normalized spacial score (nSPS) is 12.2. The number of hydrogen-bond donors (Lipinski definition) is 2. The first-order chi connectivity index (χ1) is 16.8. The second-order valence-corrected chi connectivity index (χ2v) is 8.38. The minimum atomic E-state index is -0.885. The highest BCUT2D eigenvalue weighted by Crippen LogP contribution is 2.27. The molecule has 1 unspecified atom stereocenters. The number of fused-ring (bicyclic) bond motifs is 1.